The summed E-state index contributed by atoms with van der Waals surface area (Å²) in [4.78, 5) is 40.8. The minimum absolute atomic E-state index is 0.109. The number of halogens is 2. The zero-order valence-corrected chi connectivity index (χ0v) is 17.8. The van der Waals surface area contributed by atoms with Crippen molar-refractivity contribution in [2.24, 2.45) is 0 Å². The zero-order valence-electron chi connectivity index (χ0n) is 17.0. The predicted octanol–water partition coefficient (Wildman–Crippen LogP) is 4.05. The highest BCUT2D eigenvalue weighted by Crippen LogP contribution is 2.27. The number of amides is 3. The summed E-state index contributed by atoms with van der Waals surface area (Å²) < 4.78 is 13.4. The number of urea groups is 1. The molecular weight excluding hydrogens is 423 g/mol. The number of rotatable bonds is 6. The largest absolute Gasteiger partial charge is 0.355 e. The monoisotopic (exact) mass is 444 g/mol. The number of hydrogen-bond donors (Lipinski definition) is 3. The lowest BCUT2D eigenvalue weighted by Gasteiger charge is -2.30. The summed E-state index contributed by atoms with van der Waals surface area (Å²) in [6.07, 6.45) is 1.59. The van der Waals surface area contributed by atoms with E-state index in [-0.39, 0.29) is 29.6 Å². The molecule has 31 heavy (non-hydrogen) atoms. The van der Waals surface area contributed by atoms with Crippen LogP contribution in [0.1, 0.15) is 25.5 Å². The maximum Gasteiger partial charge on any atom is 0.322 e. The van der Waals surface area contributed by atoms with E-state index in [1.54, 1.807) is 18.3 Å². The molecule has 162 valence electrons. The van der Waals surface area contributed by atoms with Gasteiger partial charge in [0, 0.05) is 37.3 Å². The molecular formula is C22H22ClFN4O3. The van der Waals surface area contributed by atoms with E-state index in [0.717, 1.165) is 10.9 Å². The summed E-state index contributed by atoms with van der Waals surface area (Å²) >= 11 is 5.81. The van der Waals surface area contributed by atoms with Gasteiger partial charge >= 0.3 is 6.03 Å². The van der Waals surface area contributed by atoms with Crippen molar-refractivity contribution in [1.29, 1.82) is 0 Å². The molecule has 1 atom stereocenters. The maximum atomic E-state index is 13.4. The van der Waals surface area contributed by atoms with Gasteiger partial charge in [-0.05, 0) is 42.1 Å². The molecule has 0 aliphatic carbocycles. The Labute approximate surface area is 183 Å². The SMILES string of the molecule is CC(=O)NCCN(C(=O)Nc1ccc(F)c(Cl)c1)[C@@H](C)c1c[nH]c(=O)c2ccccc12. The number of benzene rings is 2. The van der Waals surface area contributed by atoms with Crippen LogP contribution in [0.3, 0.4) is 0 Å². The third-order valence-electron chi connectivity index (χ3n) is 4.92. The minimum Gasteiger partial charge on any atom is -0.355 e. The Morgan fingerprint density at radius 2 is 1.90 bits per heavy atom. The first kappa shape index (κ1) is 22.3. The first-order chi connectivity index (χ1) is 14.8. The number of aromatic amines is 1. The second-order valence-electron chi connectivity index (χ2n) is 7.03. The van der Waals surface area contributed by atoms with E-state index in [1.165, 1.54) is 30.0 Å². The highest BCUT2D eigenvalue weighted by Gasteiger charge is 2.24. The molecule has 3 rings (SSSR count). The van der Waals surface area contributed by atoms with E-state index in [9.17, 15) is 18.8 Å². The van der Waals surface area contributed by atoms with Crippen molar-refractivity contribution in [3.05, 3.63) is 75.4 Å². The van der Waals surface area contributed by atoms with Gasteiger partial charge in [-0.25, -0.2) is 9.18 Å². The summed E-state index contributed by atoms with van der Waals surface area (Å²) in [5.41, 5.74) is 0.853. The lowest BCUT2D eigenvalue weighted by atomic mass is 10.0. The molecule has 0 unspecified atom stereocenters. The fourth-order valence-corrected chi connectivity index (χ4v) is 3.52. The van der Waals surface area contributed by atoms with Gasteiger partial charge in [0.1, 0.15) is 5.82 Å². The van der Waals surface area contributed by atoms with Crippen LogP contribution in [0.15, 0.2) is 53.5 Å². The van der Waals surface area contributed by atoms with Crippen molar-refractivity contribution in [2.45, 2.75) is 19.9 Å². The second-order valence-corrected chi connectivity index (χ2v) is 7.44. The molecule has 1 aromatic heterocycles. The summed E-state index contributed by atoms with van der Waals surface area (Å²) in [5, 5.41) is 6.51. The van der Waals surface area contributed by atoms with Crippen LogP contribution in [-0.4, -0.2) is 34.9 Å². The average Bonchev–Trinajstić information content (AvgIpc) is 2.73. The average molecular weight is 445 g/mol. The summed E-state index contributed by atoms with van der Waals surface area (Å²) in [7, 11) is 0. The van der Waals surface area contributed by atoms with Crippen LogP contribution in [0.5, 0.6) is 0 Å². The molecule has 3 N–H and O–H groups in total. The molecule has 0 radical (unpaired) electrons. The van der Waals surface area contributed by atoms with Crippen molar-refractivity contribution < 1.29 is 14.0 Å². The number of anilines is 1. The van der Waals surface area contributed by atoms with Crippen molar-refractivity contribution in [1.82, 2.24) is 15.2 Å². The standard InChI is InChI=1S/C22H22ClFN4O3/c1-13(18-12-26-21(30)17-6-4-3-5-16(17)18)28(10-9-25-14(2)29)22(31)27-15-7-8-20(24)19(23)11-15/h3-8,11-13H,9-10H2,1-2H3,(H,25,29)(H,26,30)(H,27,31)/t13-/m0/s1. The van der Waals surface area contributed by atoms with Gasteiger partial charge < -0.3 is 20.5 Å². The number of pyridine rings is 1. The van der Waals surface area contributed by atoms with E-state index in [1.807, 2.05) is 19.1 Å². The second kappa shape index (κ2) is 9.61. The Kier molecular flexibility index (Phi) is 6.91. The van der Waals surface area contributed by atoms with Crippen molar-refractivity contribution >= 4 is 40.0 Å². The summed E-state index contributed by atoms with van der Waals surface area (Å²) in [6.45, 7) is 3.66. The van der Waals surface area contributed by atoms with Gasteiger partial charge in [-0.1, -0.05) is 29.8 Å². The molecule has 2 aromatic carbocycles. The molecule has 0 saturated carbocycles. The Balaban J connectivity index is 1.93. The number of nitrogens with one attached hydrogen (secondary N) is 3. The highest BCUT2D eigenvalue weighted by atomic mass is 35.5. The number of fused-ring (bicyclic) bond motifs is 1. The van der Waals surface area contributed by atoms with Gasteiger partial charge in [0.2, 0.25) is 5.91 Å². The fourth-order valence-electron chi connectivity index (χ4n) is 3.34. The molecule has 3 aromatic rings. The molecule has 0 bridgehead atoms. The van der Waals surface area contributed by atoms with E-state index >= 15 is 0 Å². The number of carbonyl (C=O) groups is 2. The molecule has 0 aliphatic rings. The van der Waals surface area contributed by atoms with Gasteiger partial charge in [-0.15, -0.1) is 0 Å². The van der Waals surface area contributed by atoms with Crippen LogP contribution in [-0.2, 0) is 4.79 Å². The molecule has 0 fully saturated rings. The number of H-pyrrole nitrogens is 1. The molecule has 0 aliphatic heterocycles. The number of aromatic nitrogens is 1. The van der Waals surface area contributed by atoms with Crippen LogP contribution in [0.25, 0.3) is 10.8 Å². The predicted molar refractivity (Wildman–Crippen MR) is 119 cm³/mol. The van der Waals surface area contributed by atoms with Crippen LogP contribution < -0.4 is 16.2 Å². The van der Waals surface area contributed by atoms with Gasteiger partial charge in [0.25, 0.3) is 5.56 Å². The first-order valence-electron chi connectivity index (χ1n) is 9.65. The van der Waals surface area contributed by atoms with Crippen LogP contribution in [0, 0.1) is 5.82 Å². The number of hydrogen-bond acceptors (Lipinski definition) is 3. The molecule has 0 spiro atoms. The number of carbonyl (C=O) groups excluding carboxylic acids is 2. The Bertz CT molecular complexity index is 1180. The molecule has 0 saturated heterocycles. The van der Waals surface area contributed by atoms with Crippen molar-refractivity contribution in [2.75, 3.05) is 18.4 Å². The van der Waals surface area contributed by atoms with Gasteiger partial charge in [0.15, 0.2) is 0 Å². The minimum atomic E-state index is -0.588. The lowest BCUT2D eigenvalue weighted by Crippen LogP contribution is -2.42. The van der Waals surface area contributed by atoms with Gasteiger partial charge in [-0.2, -0.15) is 0 Å². The van der Waals surface area contributed by atoms with Crippen LogP contribution in [0.4, 0.5) is 14.9 Å². The Morgan fingerprint density at radius 1 is 1.19 bits per heavy atom. The highest BCUT2D eigenvalue weighted by molar-refractivity contribution is 6.31. The summed E-state index contributed by atoms with van der Waals surface area (Å²) in [5.74, 6) is -0.803. The zero-order chi connectivity index (χ0) is 22.5. The van der Waals surface area contributed by atoms with Gasteiger partial charge in [-0.3, -0.25) is 9.59 Å². The van der Waals surface area contributed by atoms with E-state index in [0.29, 0.717) is 11.1 Å². The third-order valence-corrected chi connectivity index (χ3v) is 5.21. The molecule has 7 nitrogen and oxygen atoms in total. The van der Waals surface area contributed by atoms with Crippen molar-refractivity contribution in [3.8, 4) is 0 Å². The molecule has 1 heterocycles. The van der Waals surface area contributed by atoms with Crippen LogP contribution in [0.2, 0.25) is 5.02 Å². The van der Waals surface area contributed by atoms with Gasteiger partial charge in [0.05, 0.1) is 11.1 Å². The third kappa shape index (κ3) is 5.21. The van der Waals surface area contributed by atoms with Crippen LogP contribution >= 0.6 is 11.6 Å². The van der Waals surface area contributed by atoms with Crippen molar-refractivity contribution in [3.63, 3.8) is 0 Å². The Morgan fingerprint density at radius 3 is 2.58 bits per heavy atom. The molecule has 9 heteroatoms. The summed E-state index contributed by atoms with van der Waals surface area (Å²) in [6, 6.07) is 10.1. The lowest BCUT2D eigenvalue weighted by molar-refractivity contribution is -0.119. The normalized spacial score (nSPS) is 11.7. The fraction of sp³-hybridized carbons (Fsp3) is 0.227. The number of nitrogens with zero attached hydrogens (tertiary/aromatic N) is 1. The smallest absolute Gasteiger partial charge is 0.322 e. The van der Waals surface area contributed by atoms with E-state index in [2.05, 4.69) is 15.6 Å². The topological polar surface area (TPSA) is 94.3 Å². The maximum absolute atomic E-state index is 13.4. The first-order valence-corrected chi connectivity index (χ1v) is 10.0. The quantitative estimate of drug-likeness (QED) is 0.535. The molecule has 3 amide bonds. The Hall–Kier alpha value is -3.39. The van der Waals surface area contributed by atoms with E-state index < -0.39 is 17.9 Å². The van der Waals surface area contributed by atoms with E-state index in [4.69, 9.17) is 11.6 Å².